The highest BCUT2D eigenvalue weighted by atomic mass is 32.2. The minimum atomic E-state index is 0.370. The normalized spacial score (nSPS) is 32.2. The molecule has 2 unspecified atom stereocenters. The zero-order valence-corrected chi connectivity index (χ0v) is 14.3. The summed E-state index contributed by atoms with van der Waals surface area (Å²) < 4.78 is 0. The molecule has 1 heterocycles. The number of hydrogen-bond acceptors (Lipinski definition) is 3. The highest BCUT2D eigenvalue weighted by Gasteiger charge is 2.40. The molecule has 4 heteroatoms. The number of rotatable bonds is 6. The van der Waals surface area contributed by atoms with E-state index in [1.165, 1.54) is 49.6 Å². The molecule has 0 aromatic heterocycles. The Morgan fingerprint density at radius 2 is 2.25 bits per heavy atom. The molecule has 20 heavy (non-hydrogen) atoms. The SMILES string of the molecule is CCCN(CC)CCN=C1NC2(CCCC(C)C2)CS1. The van der Waals surface area contributed by atoms with Crippen molar-refractivity contribution in [3.05, 3.63) is 0 Å². The number of aliphatic imine (C=N–C) groups is 1. The monoisotopic (exact) mass is 297 g/mol. The van der Waals surface area contributed by atoms with Gasteiger partial charge >= 0.3 is 0 Å². The Labute approximate surface area is 129 Å². The summed E-state index contributed by atoms with van der Waals surface area (Å²) >= 11 is 1.94. The Bertz CT molecular complexity index is 332. The molecule has 0 radical (unpaired) electrons. The zero-order valence-electron chi connectivity index (χ0n) is 13.5. The summed E-state index contributed by atoms with van der Waals surface area (Å²) in [7, 11) is 0. The summed E-state index contributed by atoms with van der Waals surface area (Å²) in [5.41, 5.74) is 0.370. The van der Waals surface area contributed by atoms with Gasteiger partial charge in [0.15, 0.2) is 5.17 Å². The minimum Gasteiger partial charge on any atom is -0.359 e. The van der Waals surface area contributed by atoms with Crippen molar-refractivity contribution in [2.24, 2.45) is 10.9 Å². The first-order valence-corrected chi connectivity index (χ1v) is 9.34. The zero-order chi connectivity index (χ0) is 14.4. The van der Waals surface area contributed by atoms with Crippen LogP contribution in [0, 0.1) is 5.92 Å². The topological polar surface area (TPSA) is 27.6 Å². The van der Waals surface area contributed by atoms with Crippen molar-refractivity contribution in [1.82, 2.24) is 10.2 Å². The van der Waals surface area contributed by atoms with E-state index in [9.17, 15) is 0 Å². The summed E-state index contributed by atoms with van der Waals surface area (Å²) in [5.74, 6) is 2.10. The van der Waals surface area contributed by atoms with Crippen LogP contribution in [0.15, 0.2) is 4.99 Å². The van der Waals surface area contributed by atoms with Gasteiger partial charge in [0.1, 0.15) is 0 Å². The van der Waals surface area contributed by atoms with Gasteiger partial charge in [0, 0.05) is 17.8 Å². The fourth-order valence-electron chi connectivity index (χ4n) is 3.53. The second-order valence-electron chi connectivity index (χ2n) is 6.52. The number of nitrogens with one attached hydrogen (secondary N) is 1. The molecule has 3 nitrogen and oxygen atoms in total. The average molecular weight is 298 g/mol. The van der Waals surface area contributed by atoms with Crippen LogP contribution in [-0.2, 0) is 0 Å². The molecule has 0 aromatic carbocycles. The van der Waals surface area contributed by atoms with Crippen LogP contribution in [0.25, 0.3) is 0 Å². The van der Waals surface area contributed by atoms with Gasteiger partial charge in [0.05, 0.1) is 6.54 Å². The third-order valence-corrected chi connectivity index (χ3v) is 5.81. The number of amidine groups is 1. The van der Waals surface area contributed by atoms with E-state index in [-0.39, 0.29) is 0 Å². The van der Waals surface area contributed by atoms with E-state index in [4.69, 9.17) is 4.99 Å². The molecule has 2 atom stereocenters. The van der Waals surface area contributed by atoms with Crippen molar-refractivity contribution in [3.8, 4) is 0 Å². The molecule has 1 saturated carbocycles. The lowest BCUT2D eigenvalue weighted by atomic mass is 9.78. The van der Waals surface area contributed by atoms with E-state index in [2.05, 4.69) is 31.0 Å². The molecular formula is C16H31N3S. The van der Waals surface area contributed by atoms with Crippen molar-refractivity contribution in [2.45, 2.75) is 58.4 Å². The molecule has 2 aliphatic rings. The van der Waals surface area contributed by atoms with Crippen molar-refractivity contribution in [3.63, 3.8) is 0 Å². The van der Waals surface area contributed by atoms with Gasteiger partial charge in [0.2, 0.25) is 0 Å². The maximum atomic E-state index is 4.79. The molecule has 1 N–H and O–H groups in total. The van der Waals surface area contributed by atoms with Gasteiger partial charge in [-0.15, -0.1) is 0 Å². The van der Waals surface area contributed by atoms with Gasteiger partial charge in [0.25, 0.3) is 0 Å². The summed E-state index contributed by atoms with van der Waals surface area (Å²) in [6, 6.07) is 0. The Morgan fingerprint density at radius 1 is 1.40 bits per heavy atom. The molecule has 0 bridgehead atoms. The molecule has 1 aliphatic heterocycles. The molecule has 1 aliphatic carbocycles. The van der Waals surface area contributed by atoms with Crippen LogP contribution in [0.3, 0.4) is 0 Å². The second kappa shape index (κ2) is 7.69. The first kappa shape index (κ1) is 16.2. The van der Waals surface area contributed by atoms with Crippen molar-refractivity contribution >= 4 is 16.9 Å². The summed E-state index contributed by atoms with van der Waals surface area (Å²) in [4.78, 5) is 7.28. The predicted octanol–water partition coefficient (Wildman–Crippen LogP) is 3.36. The molecular weight excluding hydrogens is 266 g/mol. The number of likely N-dealkylation sites (N-methyl/N-ethyl adjacent to an activating group) is 1. The van der Waals surface area contributed by atoms with E-state index >= 15 is 0 Å². The quantitative estimate of drug-likeness (QED) is 0.814. The molecule has 0 aromatic rings. The summed E-state index contributed by atoms with van der Waals surface area (Å²) in [5, 5.41) is 4.96. The van der Waals surface area contributed by atoms with Gasteiger partial charge in [-0.1, -0.05) is 45.4 Å². The number of nitrogens with zero attached hydrogens (tertiary/aromatic N) is 2. The van der Waals surface area contributed by atoms with Crippen LogP contribution in [0.2, 0.25) is 0 Å². The molecule has 2 fully saturated rings. The van der Waals surface area contributed by atoms with Crippen molar-refractivity contribution in [1.29, 1.82) is 0 Å². The molecule has 0 amide bonds. The van der Waals surface area contributed by atoms with Gasteiger partial charge in [-0.2, -0.15) is 0 Å². The van der Waals surface area contributed by atoms with E-state index in [0.717, 1.165) is 25.6 Å². The van der Waals surface area contributed by atoms with Crippen molar-refractivity contribution < 1.29 is 0 Å². The largest absolute Gasteiger partial charge is 0.359 e. The number of thioether (sulfide) groups is 1. The average Bonchev–Trinajstić information content (AvgIpc) is 2.80. The standard InChI is InChI=1S/C16H31N3S/c1-4-10-19(5-2)11-9-17-15-18-16(13-20-15)8-6-7-14(3)12-16/h14H,4-13H2,1-3H3,(H,17,18). The highest BCUT2D eigenvalue weighted by Crippen LogP contribution is 2.38. The van der Waals surface area contributed by atoms with Gasteiger partial charge in [-0.3, -0.25) is 4.99 Å². The van der Waals surface area contributed by atoms with Gasteiger partial charge in [-0.05, 0) is 38.3 Å². The van der Waals surface area contributed by atoms with Crippen molar-refractivity contribution in [2.75, 3.05) is 31.9 Å². The Kier molecular flexibility index (Phi) is 6.21. The Morgan fingerprint density at radius 3 is 2.95 bits per heavy atom. The van der Waals surface area contributed by atoms with Gasteiger partial charge in [-0.25, -0.2) is 0 Å². The maximum absolute atomic E-state index is 4.79. The molecule has 2 rings (SSSR count). The van der Waals surface area contributed by atoms with E-state index in [1.807, 2.05) is 11.8 Å². The fraction of sp³-hybridized carbons (Fsp3) is 0.938. The van der Waals surface area contributed by atoms with Crippen LogP contribution in [0.5, 0.6) is 0 Å². The third-order valence-electron chi connectivity index (χ3n) is 4.61. The minimum absolute atomic E-state index is 0.370. The first-order valence-electron chi connectivity index (χ1n) is 8.35. The molecule has 1 spiro atoms. The fourth-order valence-corrected chi connectivity index (χ4v) is 4.75. The summed E-state index contributed by atoms with van der Waals surface area (Å²) in [6.45, 7) is 11.3. The maximum Gasteiger partial charge on any atom is 0.157 e. The lowest BCUT2D eigenvalue weighted by Gasteiger charge is -2.36. The van der Waals surface area contributed by atoms with Gasteiger partial charge < -0.3 is 10.2 Å². The number of hydrogen-bond donors (Lipinski definition) is 1. The van der Waals surface area contributed by atoms with E-state index in [0.29, 0.717) is 5.54 Å². The smallest absolute Gasteiger partial charge is 0.157 e. The summed E-state index contributed by atoms with van der Waals surface area (Å²) in [6.07, 6.45) is 6.68. The lowest BCUT2D eigenvalue weighted by Crippen LogP contribution is -2.47. The van der Waals surface area contributed by atoms with Crippen LogP contribution in [-0.4, -0.2) is 47.5 Å². The second-order valence-corrected chi connectivity index (χ2v) is 7.48. The third kappa shape index (κ3) is 4.39. The van der Waals surface area contributed by atoms with E-state index in [1.54, 1.807) is 0 Å². The predicted molar refractivity (Wildman–Crippen MR) is 90.7 cm³/mol. The van der Waals surface area contributed by atoms with Crippen LogP contribution in [0.1, 0.15) is 52.9 Å². The first-order chi connectivity index (χ1) is 9.67. The molecule has 1 saturated heterocycles. The van der Waals surface area contributed by atoms with Crippen LogP contribution in [0.4, 0.5) is 0 Å². The lowest BCUT2D eigenvalue weighted by molar-refractivity contribution is 0.242. The van der Waals surface area contributed by atoms with E-state index < -0.39 is 0 Å². The Hall–Kier alpha value is -0.220. The van der Waals surface area contributed by atoms with Crippen LogP contribution < -0.4 is 5.32 Å². The molecule has 116 valence electrons. The van der Waals surface area contributed by atoms with Crippen LogP contribution >= 0.6 is 11.8 Å². The highest BCUT2D eigenvalue weighted by molar-refractivity contribution is 8.14. The Balaban J connectivity index is 1.78.